The summed E-state index contributed by atoms with van der Waals surface area (Å²) in [6, 6.07) is 11.7. The van der Waals surface area contributed by atoms with E-state index in [-0.39, 0.29) is 0 Å². The molecule has 140 valence electrons. The number of carbonyl (C=O) groups excluding carboxylic acids is 1. The predicted octanol–water partition coefficient (Wildman–Crippen LogP) is 6.02. The highest BCUT2D eigenvalue weighted by atomic mass is 127. The third kappa shape index (κ3) is 5.43. The van der Waals surface area contributed by atoms with E-state index in [2.05, 4.69) is 79.7 Å². The molecule has 1 aliphatic rings. The molecule has 27 heavy (non-hydrogen) atoms. The average Bonchev–Trinajstić information content (AvgIpc) is 2.98. The lowest BCUT2D eigenvalue weighted by molar-refractivity contribution is -0.129. The van der Waals surface area contributed by atoms with Crippen LogP contribution in [0.25, 0.3) is 6.08 Å². The SMILES string of the molecule is CCCCOc1c(I)cc(/C=C2\N=C(c3ccc(I)cc3)OC2=O)cc1I. The number of ether oxygens (including phenoxy) is 2. The highest BCUT2D eigenvalue weighted by Crippen LogP contribution is 2.30. The molecule has 0 N–H and O–H groups in total. The van der Waals surface area contributed by atoms with Crippen molar-refractivity contribution in [2.24, 2.45) is 4.99 Å². The lowest BCUT2D eigenvalue weighted by atomic mass is 10.2. The number of cyclic esters (lactones) is 1. The number of rotatable bonds is 6. The first-order chi connectivity index (χ1) is 13.0. The minimum absolute atomic E-state index is 0.301. The molecule has 0 fully saturated rings. The molecule has 1 aliphatic heterocycles. The lowest BCUT2D eigenvalue weighted by Crippen LogP contribution is -2.05. The summed E-state index contributed by atoms with van der Waals surface area (Å²) in [7, 11) is 0. The Morgan fingerprint density at radius 1 is 1.11 bits per heavy atom. The Morgan fingerprint density at radius 2 is 1.78 bits per heavy atom. The first-order valence-electron chi connectivity index (χ1n) is 8.38. The Bertz CT molecular complexity index is 898. The van der Waals surface area contributed by atoms with Gasteiger partial charge in [-0.25, -0.2) is 9.79 Å². The first-order valence-corrected chi connectivity index (χ1v) is 11.6. The Morgan fingerprint density at radius 3 is 2.41 bits per heavy atom. The molecule has 2 aromatic carbocycles. The fourth-order valence-electron chi connectivity index (χ4n) is 2.40. The number of hydrogen-bond donors (Lipinski definition) is 0. The molecule has 0 radical (unpaired) electrons. The molecule has 0 atom stereocenters. The summed E-state index contributed by atoms with van der Waals surface area (Å²) in [6.45, 7) is 2.85. The quantitative estimate of drug-likeness (QED) is 0.161. The van der Waals surface area contributed by atoms with Gasteiger partial charge in [0.1, 0.15) is 5.75 Å². The molecule has 0 aliphatic carbocycles. The molecule has 7 heteroatoms. The summed E-state index contributed by atoms with van der Waals surface area (Å²) in [5.41, 5.74) is 1.98. The van der Waals surface area contributed by atoms with Crippen molar-refractivity contribution in [3.05, 3.63) is 63.9 Å². The van der Waals surface area contributed by atoms with Gasteiger partial charge in [-0.1, -0.05) is 13.3 Å². The van der Waals surface area contributed by atoms with Gasteiger partial charge >= 0.3 is 5.97 Å². The fourth-order valence-corrected chi connectivity index (χ4v) is 4.89. The summed E-state index contributed by atoms with van der Waals surface area (Å²) in [5, 5.41) is 0. The molecule has 0 saturated heterocycles. The van der Waals surface area contributed by atoms with Gasteiger partial charge in [-0.05, 0) is 122 Å². The van der Waals surface area contributed by atoms with E-state index in [1.807, 2.05) is 36.4 Å². The Kier molecular flexibility index (Phi) is 7.54. The molecular formula is C20H16I3NO3. The number of aliphatic imine (C=N–C) groups is 1. The van der Waals surface area contributed by atoms with Gasteiger partial charge in [0.15, 0.2) is 5.70 Å². The third-order valence-corrected chi connectivity index (χ3v) is 6.10. The molecule has 0 amide bonds. The van der Waals surface area contributed by atoms with Gasteiger partial charge in [-0.15, -0.1) is 0 Å². The smallest absolute Gasteiger partial charge is 0.363 e. The second-order valence-electron chi connectivity index (χ2n) is 5.86. The number of nitrogens with zero attached hydrogens (tertiary/aromatic N) is 1. The van der Waals surface area contributed by atoms with Crippen molar-refractivity contribution in [1.82, 2.24) is 0 Å². The molecule has 0 bridgehead atoms. The lowest BCUT2D eigenvalue weighted by Gasteiger charge is -2.11. The van der Waals surface area contributed by atoms with Gasteiger partial charge in [-0.2, -0.15) is 0 Å². The van der Waals surface area contributed by atoms with E-state index >= 15 is 0 Å². The van der Waals surface area contributed by atoms with Crippen LogP contribution in [0.5, 0.6) is 5.75 Å². The van der Waals surface area contributed by atoms with Crippen LogP contribution in [0.4, 0.5) is 0 Å². The van der Waals surface area contributed by atoms with Crippen molar-refractivity contribution >= 4 is 85.7 Å². The van der Waals surface area contributed by atoms with Crippen LogP contribution in [0.3, 0.4) is 0 Å². The predicted molar refractivity (Wildman–Crippen MR) is 132 cm³/mol. The van der Waals surface area contributed by atoms with Crippen molar-refractivity contribution in [1.29, 1.82) is 0 Å². The van der Waals surface area contributed by atoms with Crippen LogP contribution in [0, 0.1) is 10.7 Å². The minimum atomic E-state index is -0.433. The molecule has 3 rings (SSSR count). The number of carbonyl (C=O) groups is 1. The number of esters is 1. The maximum absolute atomic E-state index is 12.2. The van der Waals surface area contributed by atoms with Crippen LogP contribution in [-0.4, -0.2) is 18.5 Å². The number of benzene rings is 2. The summed E-state index contributed by atoms with van der Waals surface area (Å²) in [6.07, 6.45) is 3.88. The minimum Gasteiger partial charge on any atom is -0.491 e. The van der Waals surface area contributed by atoms with Crippen molar-refractivity contribution in [3.8, 4) is 5.75 Å². The summed E-state index contributed by atoms with van der Waals surface area (Å²) in [4.78, 5) is 16.6. The monoisotopic (exact) mass is 699 g/mol. The second-order valence-corrected chi connectivity index (χ2v) is 9.43. The molecule has 2 aromatic rings. The zero-order valence-corrected chi connectivity index (χ0v) is 20.9. The van der Waals surface area contributed by atoms with Crippen LogP contribution in [0.15, 0.2) is 47.1 Å². The highest BCUT2D eigenvalue weighted by molar-refractivity contribution is 14.1. The van der Waals surface area contributed by atoms with Gasteiger partial charge < -0.3 is 9.47 Å². The van der Waals surface area contributed by atoms with Crippen LogP contribution in [0.2, 0.25) is 0 Å². The van der Waals surface area contributed by atoms with E-state index < -0.39 is 5.97 Å². The zero-order chi connectivity index (χ0) is 19.4. The van der Waals surface area contributed by atoms with Crippen LogP contribution in [-0.2, 0) is 9.53 Å². The van der Waals surface area contributed by atoms with Crippen molar-refractivity contribution in [3.63, 3.8) is 0 Å². The first kappa shape index (κ1) is 21.0. The van der Waals surface area contributed by atoms with E-state index in [1.165, 1.54) is 0 Å². The fraction of sp³-hybridized carbons (Fsp3) is 0.200. The number of unbranched alkanes of at least 4 members (excludes halogenated alkanes) is 1. The van der Waals surface area contributed by atoms with Crippen LogP contribution >= 0.6 is 67.8 Å². The molecule has 0 saturated carbocycles. The van der Waals surface area contributed by atoms with Crippen LogP contribution in [0.1, 0.15) is 30.9 Å². The van der Waals surface area contributed by atoms with Gasteiger partial charge in [0, 0.05) is 9.13 Å². The molecule has 0 spiro atoms. The zero-order valence-electron chi connectivity index (χ0n) is 14.5. The summed E-state index contributed by atoms with van der Waals surface area (Å²) < 4.78 is 14.3. The number of hydrogen-bond acceptors (Lipinski definition) is 4. The summed E-state index contributed by atoms with van der Waals surface area (Å²) >= 11 is 6.75. The van der Waals surface area contributed by atoms with E-state index in [1.54, 1.807) is 6.08 Å². The van der Waals surface area contributed by atoms with E-state index in [4.69, 9.17) is 9.47 Å². The Balaban J connectivity index is 1.85. The molecule has 0 aromatic heterocycles. The van der Waals surface area contributed by atoms with Gasteiger partial charge in [0.05, 0.1) is 13.7 Å². The second kappa shape index (κ2) is 9.68. The largest absolute Gasteiger partial charge is 0.491 e. The van der Waals surface area contributed by atoms with Crippen molar-refractivity contribution in [2.75, 3.05) is 6.61 Å². The van der Waals surface area contributed by atoms with E-state index in [0.29, 0.717) is 18.2 Å². The Hall–Kier alpha value is -0.690. The van der Waals surface area contributed by atoms with Crippen LogP contribution < -0.4 is 4.74 Å². The average molecular weight is 699 g/mol. The Labute approximate surface area is 199 Å². The molecule has 0 unspecified atom stereocenters. The van der Waals surface area contributed by atoms with Gasteiger partial charge in [-0.3, -0.25) is 0 Å². The van der Waals surface area contributed by atoms with Gasteiger partial charge in [0.25, 0.3) is 0 Å². The van der Waals surface area contributed by atoms with Gasteiger partial charge in [0.2, 0.25) is 5.90 Å². The van der Waals surface area contributed by atoms with Crippen molar-refractivity contribution in [2.45, 2.75) is 19.8 Å². The van der Waals surface area contributed by atoms with E-state index in [9.17, 15) is 4.79 Å². The summed E-state index contributed by atoms with van der Waals surface area (Å²) in [5.74, 6) is 0.798. The standard InChI is InChI=1S/C20H16I3NO3/c1-2-3-8-26-18-15(22)9-12(10-16(18)23)11-17-20(25)27-19(24-17)13-4-6-14(21)7-5-13/h4-7,9-11H,2-3,8H2,1H3/b17-11-. The maximum atomic E-state index is 12.2. The highest BCUT2D eigenvalue weighted by Gasteiger charge is 2.24. The maximum Gasteiger partial charge on any atom is 0.363 e. The van der Waals surface area contributed by atoms with E-state index in [0.717, 1.165) is 40.4 Å². The normalized spacial score (nSPS) is 15.0. The third-order valence-electron chi connectivity index (χ3n) is 3.78. The van der Waals surface area contributed by atoms with Crippen molar-refractivity contribution < 1.29 is 14.3 Å². The molecular weight excluding hydrogens is 683 g/mol. The molecule has 4 nitrogen and oxygen atoms in total. The topological polar surface area (TPSA) is 47.9 Å². The molecule has 1 heterocycles. The number of halogens is 3.